The monoisotopic (exact) mass is 569 g/mol. The van der Waals surface area contributed by atoms with Gasteiger partial charge in [0.05, 0.1) is 38.8 Å². The average molecular weight is 570 g/mol. The molecule has 0 bridgehead atoms. The summed E-state index contributed by atoms with van der Waals surface area (Å²) in [4.78, 5) is 40.6. The number of carboxylic acid groups (broad SMARTS) is 2. The predicted molar refractivity (Wildman–Crippen MR) is 159 cm³/mol. The number of hydrogen-bond donors (Lipinski definition) is 2. The van der Waals surface area contributed by atoms with Gasteiger partial charge < -0.3 is 10.2 Å². The van der Waals surface area contributed by atoms with Crippen LogP contribution in [-0.2, 0) is 6.42 Å². The molecule has 9 heteroatoms. The summed E-state index contributed by atoms with van der Waals surface area (Å²) in [6.07, 6.45) is 8.93. The van der Waals surface area contributed by atoms with Gasteiger partial charge in [-0.25, -0.2) is 14.6 Å². The molecule has 2 N–H and O–H groups in total. The lowest BCUT2D eigenvalue weighted by molar-refractivity contribution is 0.0686. The molecule has 0 fully saturated rings. The van der Waals surface area contributed by atoms with Crippen molar-refractivity contribution in [1.29, 1.82) is 0 Å². The Morgan fingerprint density at radius 3 is 2.17 bits per heavy atom. The number of thiophene rings is 2. The van der Waals surface area contributed by atoms with Gasteiger partial charge in [-0.05, 0) is 72.3 Å². The number of carbonyl (C=O) groups is 2. The minimum absolute atomic E-state index is 0.0129. The van der Waals surface area contributed by atoms with E-state index in [2.05, 4.69) is 45.5 Å². The first-order chi connectivity index (χ1) is 19.4. The topological polar surface area (TPSA) is 113 Å². The van der Waals surface area contributed by atoms with E-state index in [-0.39, 0.29) is 22.5 Å². The molecule has 0 saturated heterocycles. The number of aromatic nitrogens is 3. The van der Waals surface area contributed by atoms with E-state index < -0.39 is 11.9 Å². The Labute approximate surface area is 239 Å². The highest BCUT2D eigenvalue weighted by molar-refractivity contribution is 7.21. The van der Waals surface area contributed by atoms with Crippen LogP contribution in [0.15, 0.2) is 72.4 Å². The summed E-state index contributed by atoms with van der Waals surface area (Å²) in [5.41, 5.74) is 3.56. The minimum atomic E-state index is -1.12. The molecule has 5 rings (SSSR count). The zero-order valence-electron chi connectivity index (χ0n) is 21.8. The van der Waals surface area contributed by atoms with Crippen LogP contribution in [0, 0.1) is 0 Å². The second-order valence-electron chi connectivity index (χ2n) is 9.34. The van der Waals surface area contributed by atoms with Gasteiger partial charge in [-0.15, -0.1) is 22.7 Å². The number of unbranched alkanes of at least 4 members (excludes halogenated alkanes) is 3. The molecule has 40 heavy (non-hydrogen) atoms. The highest BCUT2D eigenvalue weighted by Gasteiger charge is 2.18. The van der Waals surface area contributed by atoms with E-state index in [4.69, 9.17) is 0 Å². The van der Waals surface area contributed by atoms with Crippen molar-refractivity contribution in [3.8, 4) is 43.7 Å². The molecule has 0 aliphatic carbocycles. The highest BCUT2D eigenvalue weighted by Crippen LogP contribution is 2.42. The largest absolute Gasteiger partial charge is 0.478 e. The fourth-order valence-corrected chi connectivity index (χ4v) is 6.54. The van der Waals surface area contributed by atoms with Crippen LogP contribution < -0.4 is 0 Å². The lowest BCUT2D eigenvalue weighted by Gasteiger charge is -2.09. The number of carboxylic acids is 2. The average Bonchev–Trinajstić information content (AvgIpc) is 3.66. The molecule has 0 unspecified atom stereocenters. The first-order valence-corrected chi connectivity index (χ1v) is 14.7. The summed E-state index contributed by atoms with van der Waals surface area (Å²) in [6.45, 7) is 2.22. The number of hydrogen-bond acceptors (Lipinski definition) is 7. The summed E-state index contributed by atoms with van der Waals surface area (Å²) in [6, 6.07) is 16.0. The van der Waals surface area contributed by atoms with E-state index in [9.17, 15) is 19.8 Å². The smallest absolute Gasteiger partial charge is 0.335 e. The van der Waals surface area contributed by atoms with Crippen LogP contribution in [0.2, 0.25) is 0 Å². The second-order valence-corrected chi connectivity index (χ2v) is 11.4. The molecule has 5 heterocycles. The van der Waals surface area contributed by atoms with Crippen LogP contribution in [0.4, 0.5) is 0 Å². The molecule has 0 spiro atoms. The molecule has 0 aliphatic rings. The van der Waals surface area contributed by atoms with E-state index in [0.717, 1.165) is 24.0 Å². The number of rotatable bonds is 11. The number of nitrogens with zero attached hydrogens (tertiary/aromatic N) is 3. The fourth-order valence-electron chi connectivity index (χ4n) is 4.45. The van der Waals surface area contributed by atoms with Gasteiger partial charge in [-0.1, -0.05) is 32.3 Å². The van der Waals surface area contributed by atoms with Gasteiger partial charge in [0.2, 0.25) is 0 Å². The van der Waals surface area contributed by atoms with Gasteiger partial charge in [-0.2, -0.15) is 0 Å². The Hall–Kier alpha value is -4.21. The van der Waals surface area contributed by atoms with Crippen molar-refractivity contribution in [1.82, 2.24) is 15.0 Å². The number of pyridine rings is 3. The van der Waals surface area contributed by atoms with E-state index in [1.807, 2.05) is 23.5 Å². The standard InChI is InChI=1S/C31H27N3O4S2/c1-2-3-4-5-7-22-18-23(29(40-22)28-8-6-13-39-28)19-9-11-32-24(14-19)26-16-21(31(37)38)17-27(34-26)25-15-20(30(35)36)10-12-33-25/h6,8-18H,2-5,7H2,1H3,(H,35,36)(H,37,38). The molecule has 0 radical (unpaired) electrons. The molecular weight excluding hydrogens is 542 g/mol. The number of aromatic carboxylic acids is 2. The maximum absolute atomic E-state index is 12.0. The van der Waals surface area contributed by atoms with Crippen LogP contribution in [0.25, 0.3) is 43.7 Å². The number of aryl methyl sites for hydroxylation is 1. The predicted octanol–water partition coefficient (Wildman–Crippen LogP) is 8.18. The first kappa shape index (κ1) is 27.4. The summed E-state index contributed by atoms with van der Waals surface area (Å²) >= 11 is 3.53. The van der Waals surface area contributed by atoms with Crippen LogP contribution >= 0.6 is 22.7 Å². The normalized spacial score (nSPS) is 11.0. The summed E-state index contributed by atoms with van der Waals surface area (Å²) < 4.78 is 0. The third-order valence-electron chi connectivity index (χ3n) is 6.48. The molecule has 5 aromatic heterocycles. The van der Waals surface area contributed by atoms with Crippen molar-refractivity contribution in [2.75, 3.05) is 0 Å². The highest BCUT2D eigenvalue weighted by atomic mass is 32.1. The van der Waals surface area contributed by atoms with Gasteiger partial charge in [0.1, 0.15) is 0 Å². The van der Waals surface area contributed by atoms with Gasteiger partial charge >= 0.3 is 11.9 Å². The van der Waals surface area contributed by atoms with Gasteiger partial charge in [0.15, 0.2) is 0 Å². The quantitative estimate of drug-likeness (QED) is 0.154. The molecule has 0 atom stereocenters. The van der Waals surface area contributed by atoms with Crippen molar-refractivity contribution >= 4 is 34.6 Å². The van der Waals surface area contributed by atoms with E-state index in [1.54, 1.807) is 17.5 Å². The second kappa shape index (κ2) is 12.3. The van der Waals surface area contributed by atoms with Crippen LogP contribution in [0.1, 0.15) is 58.2 Å². The maximum Gasteiger partial charge on any atom is 0.335 e. The Morgan fingerprint density at radius 1 is 0.800 bits per heavy atom. The van der Waals surface area contributed by atoms with Gasteiger partial charge in [0, 0.05) is 27.7 Å². The van der Waals surface area contributed by atoms with Gasteiger partial charge in [0.25, 0.3) is 0 Å². The summed E-state index contributed by atoms with van der Waals surface area (Å²) in [7, 11) is 0. The van der Waals surface area contributed by atoms with E-state index in [0.29, 0.717) is 11.4 Å². The van der Waals surface area contributed by atoms with E-state index >= 15 is 0 Å². The molecule has 202 valence electrons. The fraction of sp³-hybridized carbons (Fsp3) is 0.194. The Morgan fingerprint density at radius 2 is 1.50 bits per heavy atom. The maximum atomic E-state index is 12.0. The van der Waals surface area contributed by atoms with Crippen molar-refractivity contribution in [3.63, 3.8) is 0 Å². The van der Waals surface area contributed by atoms with Gasteiger partial charge in [-0.3, -0.25) is 9.97 Å². The van der Waals surface area contributed by atoms with Crippen molar-refractivity contribution in [2.24, 2.45) is 0 Å². The lowest BCUT2D eigenvalue weighted by atomic mass is 10.0. The molecule has 0 saturated carbocycles. The van der Waals surface area contributed by atoms with Crippen LogP contribution in [0.3, 0.4) is 0 Å². The third-order valence-corrected chi connectivity index (χ3v) is 8.72. The first-order valence-electron chi connectivity index (χ1n) is 13.0. The Kier molecular flexibility index (Phi) is 8.42. The van der Waals surface area contributed by atoms with Crippen molar-refractivity contribution in [2.45, 2.75) is 39.0 Å². The third kappa shape index (κ3) is 6.16. The summed E-state index contributed by atoms with van der Waals surface area (Å²) in [5.74, 6) is -2.23. The Bertz CT molecular complexity index is 1660. The van der Waals surface area contributed by atoms with Crippen molar-refractivity contribution < 1.29 is 19.8 Å². The molecule has 7 nitrogen and oxygen atoms in total. The van der Waals surface area contributed by atoms with Crippen molar-refractivity contribution in [3.05, 3.63) is 88.4 Å². The van der Waals surface area contributed by atoms with E-state index in [1.165, 1.54) is 64.4 Å². The van der Waals surface area contributed by atoms with Crippen LogP contribution in [0.5, 0.6) is 0 Å². The molecule has 0 amide bonds. The van der Waals surface area contributed by atoms with Crippen LogP contribution in [-0.4, -0.2) is 37.1 Å². The summed E-state index contributed by atoms with van der Waals surface area (Å²) in [5, 5.41) is 21.3. The molecular formula is C31H27N3O4S2. The minimum Gasteiger partial charge on any atom is -0.478 e. The zero-order valence-corrected chi connectivity index (χ0v) is 23.5. The molecule has 0 aromatic carbocycles. The molecule has 0 aliphatic heterocycles. The lowest BCUT2D eigenvalue weighted by Crippen LogP contribution is -2.02. The molecule has 5 aromatic rings. The SMILES string of the molecule is CCCCCCc1cc(-c2ccnc(-c3cc(C(=O)O)cc(-c4cc(C(=O)O)ccn4)n3)c2)c(-c2cccs2)s1. The Balaban J connectivity index is 1.56. The zero-order chi connectivity index (χ0) is 28.1.